The van der Waals surface area contributed by atoms with Crippen molar-refractivity contribution in [3.63, 3.8) is 0 Å². The van der Waals surface area contributed by atoms with Gasteiger partial charge >= 0.3 is 5.97 Å². The molecule has 0 bridgehead atoms. The maximum Gasteiger partial charge on any atom is 0.337 e. The Labute approximate surface area is 193 Å². The van der Waals surface area contributed by atoms with Crippen LogP contribution in [0.15, 0.2) is 66.4 Å². The summed E-state index contributed by atoms with van der Waals surface area (Å²) in [5.74, 6) is 0.876. The highest BCUT2D eigenvalue weighted by Crippen LogP contribution is 2.37. The molecule has 1 heterocycles. The number of carbonyl (C=O) groups excluding carboxylic acids is 2. The molecule has 0 radical (unpaired) electrons. The van der Waals surface area contributed by atoms with Crippen molar-refractivity contribution in [1.82, 2.24) is 0 Å². The van der Waals surface area contributed by atoms with Crippen LogP contribution in [-0.4, -0.2) is 33.0 Å². The van der Waals surface area contributed by atoms with E-state index in [2.05, 4.69) is 0 Å². The molecule has 0 fully saturated rings. The van der Waals surface area contributed by atoms with E-state index in [1.165, 1.54) is 7.11 Å². The lowest BCUT2D eigenvalue weighted by Crippen LogP contribution is -2.08. The number of benzene rings is 3. The molecule has 1 aliphatic rings. The third kappa shape index (κ3) is 4.75. The number of anilines is 1. The van der Waals surface area contributed by atoms with Gasteiger partial charge in [0.2, 0.25) is 5.78 Å². The van der Waals surface area contributed by atoms with Gasteiger partial charge in [0.25, 0.3) is 0 Å². The zero-order valence-corrected chi connectivity index (χ0v) is 19.0. The number of carbonyl (C=O) groups is 2. The molecule has 0 saturated heterocycles. The number of nitrogens with zero attached hydrogens (tertiary/aromatic N) is 1. The standard InChI is InChI=1S/C27H25NO5/c1-17-13-22(32-16-19-5-9-20(10-6-19)27(30)31-4)15-23-25(17)26(29)24(33-23)14-18-7-11-21(12-8-18)28(2)3/h5-15H,16H2,1-4H3/b24-14-. The first-order chi connectivity index (χ1) is 15.9. The minimum atomic E-state index is -0.379. The van der Waals surface area contributed by atoms with Crippen molar-refractivity contribution in [3.05, 3.63) is 94.2 Å². The summed E-state index contributed by atoms with van der Waals surface area (Å²) >= 11 is 0. The maximum atomic E-state index is 12.9. The van der Waals surface area contributed by atoms with Crippen molar-refractivity contribution in [2.75, 3.05) is 26.1 Å². The molecule has 0 aromatic heterocycles. The minimum absolute atomic E-state index is 0.135. The van der Waals surface area contributed by atoms with Crippen molar-refractivity contribution in [3.8, 4) is 11.5 Å². The van der Waals surface area contributed by atoms with Crippen LogP contribution >= 0.6 is 0 Å². The average molecular weight is 443 g/mol. The average Bonchev–Trinajstić information content (AvgIpc) is 3.13. The molecule has 168 valence electrons. The molecule has 3 aromatic rings. The van der Waals surface area contributed by atoms with Crippen LogP contribution in [0.2, 0.25) is 0 Å². The Morgan fingerprint density at radius 1 is 1.03 bits per heavy atom. The smallest absolute Gasteiger partial charge is 0.337 e. The van der Waals surface area contributed by atoms with E-state index in [1.807, 2.05) is 68.4 Å². The Morgan fingerprint density at radius 3 is 2.36 bits per heavy atom. The van der Waals surface area contributed by atoms with Gasteiger partial charge in [0, 0.05) is 25.8 Å². The summed E-state index contributed by atoms with van der Waals surface area (Å²) < 4.78 is 16.5. The van der Waals surface area contributed by atoms with E-state index >= 15 is 0 Å². The van der Waals surface area contributed by atoms with E-state index in [0.29, 0.717) is 35.0 Å². The molecule has 6 nitrogen and oxygen atoms in total. The summed E-state index contributed by atoms with van der Waals surface area (Å²) in [6.07, 6.45) is 1.75. The highest BCUT2D eigenvalue weighted by Gasteiger charge is 2.30. The third-order valence-corrected chi connectivity index (χ3v) is 5.43. The molecular weight excluding hydrogens is 418 g/mol. The fourth-order valence-corrected chi connectivity index (χ4v) is 3.60. The molecular formula is C27H25NO5. The normalized spacial score (nSPS) is 13.5. The van der Waals surface area contributed by atoms with Gasteiger partial charge in [0.15, 0.2) is 5.76 Å². The Kier molecular flexibility index (Phi) is 6.18. The predicted molar refractivity (Wildman–Crippen MR) is 127 cm³/mol. The first-order valence-corrected chi connectivity index (χ1v) is 10.5. The topological polar surface area (TPSA) is 65.1 Å². The summed E-state index contributed by atoms with van der Waals surface area (Å²) in [6, 6.07) is 18.5. The van der Waals surface area contributed by atoms with Crippen LogP contribution in [0.1, 0.15) is 37.4 Å². The maximum absolute atomic E-state index is 12.9. The van der Waals surface area contributed by atoms with Crippen LogP contribution in [0.25, 0.3) is 6.08 Å². The molecule has 0 atom stereocenters. The number of esters is 1. The third-order valence-electron chi connectivity index (χ3n) is 5.43. The van der Waals surface area contributed by atoms with Crippen LogP contribution in [0.5, 0.6) is 11.5 Å². The molecule has 0 spiro atoms. The van der Waals surface area contributed by atoms with Crippen molar-refractivity contribution in [2.45, 2.75) is 13.5 Å². The zero-order valence-electron chi connectivity index (χ0n) is 19.0. The fourth-order valence-electron chi connectivity index (χ4n) is 3.60. The summed E-state index contributed by atoms with van der Waals surface area (Å²) in [5.41, 5.74) is 4.70. The number of aryl methyl sites for hydroxylation is 1. The number of hydrogen-bond donors (Lipinski definition) is 0. The van der Waals surface area contributed by atoms with Gasteiger partial charge in [-0.25, -0.2) is 4.79 Å². The minimum Gasteiger partial charge on any atom is -0.489 e. The molecule has 33 heavy (non-hydrogen) atoms. The number of methoxy groups -OCH3 is 1. The van der Waals surface area contributed by atoms with Crippen molar-refractivity contribution in [1.29, 1.82) is 0 Å². The van der Waals surface area contributed by atoms with Crippen molar-refractivity contribution < 1.29 is 23.8 Å². The van der Waals surface area contributed by atoms with Gasteiger partial charge in [-0.05, 0) is 60.0 Å². The Hall–Kier alpha value is -4.06. The highest BCUT2D eigenvalue weighted by molar-refractivity contribution is 6.15. The van der Waals surface area contributed by atoms with Crippen LogP contribution in [0.4, 0.5) is 5.69 Å². The van der Waals surface area contributed by atoms with Gasteiger partial charge in [0.05, 0.1) is 18.2 Å². The predicted octanol–water partition coefficient (Wildman–Crippen LogP) is 5.04. The van der Waals surface area contributed by atoms with E-state index in [4.69, 9.17) is 14.2 Å². The van der Waals surface area contributed by atoms with E-state index in [1.54, 1.807) is 24.3 Å². The van der Waals surface area contributed by atoms with Crippen LogP contribution < -0.4 is 14.4 Å². The molecule has 0 amide bonds. The molecule has 3 aromatic carbocycles. The largest absolute Gasteiger partial charge is 0.489 e. The molecule has 4 rings (SSSR count). The lowest BCUT2D eigenvalue weighted by Gasteiger charge is -2.11. The van der Waals surface area contributed by atoms with E-state index < -0.39 is 0 Å². The lowest BCUT2D eigenvalue weighted by atomic mass is 10.0. The molecule has 0 saturated carbocycles. The number of ether oxygens (including phenoxy) is 3. The molecule has 0 unspecified atom stereocenters. The highest BCUT2D eigenvalue weighted by atomic mass is 16.5. The monoisotopic (exact) mass is 443 g/mol. The van der Waals surface area contributed by atoms with Crippen LogP contribution in [0, 0.1) is 6.92 Å². The van der Waals surface area contributed by atoms with E-state index in [-0.39, 0.29) is 11.8 Å². The lowest BCUT2D eigenvalue weighted by molar-refractivity contribution is 0.0600. The number of fused-ring (bicyclic) bond motifs is 1. The van der Waals surface area contributed by atoms with Crippen molar-refractivity contribution >= 4 is 23.5 Å². The SMILES string of the molecule is COC(=O)c1ccc(COc2cc(C)c3c(c2)O/C(=C\c2ccc(N(C)C)cc2)C3=O)cc1. The summed E-state index contributed by atoms with van der Waals surface area (Å²) in [4.78, 5) is 26.5. The summed E-state index contributed by atoms with van der Waals surface area (Å²) in [5, 5.41) is 0. The van der Waals surface area contributed by atoms with Crippen molar-refractivity contribution in [2.24, 2.45) is 0 Å². The van der Waals surface area contributed by atoms with Gasteiger partial charge in [-0.3, -0.25) is 4.79 Å². The first-order valence-electron chi connectivity index (χ1n) is 10.5. The number of rotatable bonds is 6. The number of ketones is 1. The van der Waals surface area contributed by atoms with Gasteiger partial charge in [-0.15, -0.1) is 0 Å². The van der Waals surface area contributed by atoms with Gasteiger partial charge in [-0.2, -0.15) is 0 Å². The van der Waals surface area contributed by atoms with E-state index in [0.717, 1.165) is 22.4 Å². The van der Waals surface area contributed by atoms with Gasteiger partial charge in [-0.1, -0.05) is 24.3 Å². The van der Waals surface area contributed by atoms with Crippen LogP contribution in [-0.2, 0) is 11.3 Å². The second-order valence-corrected chi connectivity index (χ2v) is 8.02. The molecule has 6 heteroatoms. The summed E-state index contributed by atoms with van der Waals surface area (Å²) in [6.45, 7) is 2.18. The molecule has 0 aliphatic carbocycles. The first kappa shape index (κ1) is 22.1. The Balaban J connectivity index is 1.49. The summed E-state index contributed by atoms with van der Waals surface area (Å²) in [7, 11) is 5.31. The second-order valence-electron chi connectivity index (χ2n) is 8.02. The molecule has 0 N–H and O–H groups in total. The van der Waals surface area contributed by atoms with E-state index in [9.17, 15) is 9.59 Å². The van der Waals surface area contributed by atoms with Gasteiger partial charge < -0.3 is 19.1 Å². The number of Topliss-reactive ketones (excluding diaryl/α,β-unsaturated/α-hetero) is 1. The zero-order chi connectivity index (χ0) is 23.5. The second kappa shape index (κ2) is 9.20. The fraction of sp³-hybridized carbons (Fsp3) is 0.185. The number of allylic oxidation sites excluding steroid dienone is 1. The quantitative estimate of drug-likeness (QED) is 0.393. The van der Waals surface area contributed by atoms with Crippen LogP contribution in [0.3, 0.4) is 0 Å². The Morgan fingerprint density at radius 2 is 1.73 bits per heavy atom. The Bertz CT molecular complexity index is 1220. The number of hydrogen-bond acceptors (Lipinski definition) is 6. The van der Waals surface area contributed by atoms with Gasteiger partial charge in [0.1, 0.15) is 18.1 Å². The molecule has 1 aliphatic heterocycles.